The van der Waals surface area contributed by atoms with Crippen LogP contribution in [0.25, 0.3) is 0 Å². The summed E-state index contributed by atoms with van der Waals surface area (Å²) in [5.41, 5.74) is 5.18. The molecule has 1 N–H and O–H groups in total. The number of halogens is 1. The molecule has 0 unspecified atom stereocenters. The molecule has 0 amide bonds. The van der Waals surface area contributed by atoms with Gasteiger partial charge in [0.15, 0.2) is 0 Å². The Bertz CT molecular complexity index is 541. The Morgan fingerprint density at radius 2 is 1.78 bits per heavy atom. The average Bonchev–Trinajstić information content (AvgIpc) is 2.33. The molecule has 0 atom stereocenters. The van der Waals surface area contributed by atoms with E-state index in [0.29, 0.717) is 12.2 Å². The Hall–Kier alpha value is -1.83. The highest BCUT2D eigenvalue weighted by Gasteiger charge is 2.05. The number of para-hydroxylation sites is 1. The van der Waals surface area contributed by atoms with Crippen LogP contribution in [0.15, 0.2) is 36.4 Å². The van der Waals surface area contributed by atoms with Crippen LogP contribution in [-0.2, 0) is 6.54 Å². The molecule has 0 aliphatic carbocycles. The molecule has 0 heterocycles. The third kappa shape index (κ3) is 2.70. The number of benzene rings is 2. The quantitative estimate of drug-likeness (QED) is 0.844. The number of aryl methyl sites for hydroxylation is 3. The number of rotatable bonds is 3. The maximum absolute atomic E-state index is 13.7. The van der Waals surface area contributed by atoms with Crippen molar-refractivity contribution in [2.75, 3.05) is 5.32 Å². The standard InChI is InChI=1S/C16H18FN/c1-11-7-8-12(2)14(9-11)10-18-16-13(3)5-4-6-15(16)17/h4-9,18H,10H2,1-3H3. The van der Waals surface area contributed by atoms with Crippen LogP contribution < -0.4 is 5.32 Å². The molecule has 0 spiro atoms. The van der Waals surface area contributed by atoms with Crippen molar-refractivity contribution >= 4 is 5.69 Å². The van der Waals surface area contributed by atoms with Crippen molar-refractivity contribution in [2.24, 2.45) is 0 Å². The minimum absolute atomic E-state index is 0.194. The molecule has 18 heavy (non-hydrogen) atoms. The van der Waals surface area contributed by atoms with E-state index >= 15 is 0 Å². The Kier molecular flexibility index (Phi) is 3.66. The second kappa shape index (κ2) is 5.21. The Morgan fingerprint density at radius 3 is 2.50 bits per heavy atom. The minimum atomic E-state index is -0.194. The Morgan fingerprint density at radius 1 is 1.00 bits per heavy atom. The van der Waals surface area contributed by atoms with Gasteiger partial charge in [-0.15, -0.1) is 0 Å². The summed E-state index contributed by atoms with van der Waals surface area (Å²) in [5, 5.41) is 3.19. The van der Waals surface area contributed by atoms with Crippen LogP contribution in [0.5, 0.6) is 0 Å². The van der Waals surface area contributed by atoms with E-state index in [4.69, 9.17) is 0 Å². The first-order valence-electron chi connectivity index (χ1n) is 6.13. The molecular formula is C16H18FN. The van der Waals surface area contributed by atoms with E-state index in [1.165, 1.54) is 22.8 Å². The minimum Gasteiger partial charge on any atom is -0.378 e. The van der Waals surface area contributed by atoms with E-state index in [1.807, 2.05) is 13.0 Å². The Labute approximate surface area is 108 Å². The first kappa shape index (κ1) is 12.6. The zero-order valence-corrected chi connectivity index (χ0v) is 11.0. The summed E-state index contributed by atoms with van der Waals surface area (Å²) in [6.07, 6.45) is 0. The largest absolute Gasteiger partial charge is 0.378 e. The molecule has 0 fully saturated rings. The lowest BCUT2D eigenvalue weighted by molar-refractivity contribution is 0.629. The topological polar surface area (TPSA) is 12.0 Å². The first-order chi connectivity index (χ1) is 8.58. The van der Waals surface area contributed by atoms with Gasteiger partial charge in [0.25, 0.3) is 0 Å². The second-order valence-electron chi connectivity index (χ2n) is 4.72. The molecule has 2 heteroatoms. The predicted molar refractivity (Wildman–Crippen MR) is 74.4 cm³/mol. The van der Waals surface area contributed by atoms with Crippen molar-refractivity contribution in [3.8, 4) is 0 Å². The van der Waals surface area contributed by atoms with Gasteiger partial charge in [-0.2, -0.15) is 0 Å². The highest BCUT2D eigenvalue weighted by molar-refractivity contribution is 5.52. The Balaban J connectivity index is 2.19. The van der Waals surface area contributed by atoms with E-state index in [0.717, 1.165) is 5.56 Å². The number of hydrogen-bond donors (Lipinski definition) is 1. The van der Waals surface area contributed by atoms with Crippen LogP contribution in [0, 0.1) is 26.6 Å². The number of anilines is 1. The molecule has 0 aromatic heterocycles. The van der Waals surface area contributed by atoms with Crippen LogP contribution in [0.2, 0.25) is 0 Å². The van der Waals surface area contributed by atoms with Gasteiger partial charge < -0.3 is 5.32 Å². The molecule has 2 rings (SSSR count). The summed E-state index contributed by atoms with van der Waals surface area (Å²) >= 11 is 0. The molecule has 0 radical (unpaired) electrons. The normalized spacial score (nSPS) is 10.4. The molecule has 0 aliphatic rings. The first-order valence-corrected chi connectivity index (χ1v) is 6.13. The van der Waals surface area contributed by atoms with Gasteiger partial charge in [0.05, 0.1) is 5.69 Å². The molecule has 0 aliphatic heterocycles. The average molecular weight is 243 g/mol. The van der Waals surface area contributed by atoms with Gasteiger partial charge in [0.2, 0.25) is 0 Å². The smallest absolute Gasteiger partial charge is 0.146 e. The lowest BCUT2D eigenvalue weighted by atomic mass is 10.1. The van der Waals surface area contributed by atoms with Crippen molar-refractivity contribution in [3.05, 3.63) is 64.5 Å². The molecule has 94 valence electrons. The van der Waals surface area contributed by atoms with Crippen LogP contribution in [-0.4, -0.2) is 0 Å². The summed E-state index contributed by atoms with van der Waals surface area (Å²) in [6.45, 7) is 6.70. The zero-order valence-electron chi connectivity index (χ0n) is 11.0. The van der Waals surface area contributed by atoms with E-state index in [-0.39, 0.29) is 5.82 Å². The fourth-order valence-electron chi connectivity index (χ4n) is 2.03. The van der Waals surface area contributed by atoms with Crippen LogP contribution in [0.1, 0.15) is 22.3 Å². The summed E-state index contributed by atoms with van der Waals surface area (Å²) in [6, 6.07) is 11.5. The lowest BCUT2D eigenvalue weighted by Gasteiger charge is -2.12. The molecule has 2 aromatic rings. The van der Waals surface area contributed by atoms with Gasteiger partial charge in [0, 0.05) is 6.54 Å². The van der Waals surface area contributed by atoms with E-state index < -0.39 is 0 Å². The summed E-state index contributed by atoms with van der Waals surface area (Å²) < 4.78 is 13.7. The van der Waals surface area contributed by atoms with Gasteiger partial charge in [0.1, 0.15) is 5.82 Å². The van der Waals surface area contributed by atoms with Gasteiger partial charge in [-0.3, -0.25) is 0 Å². The van der Waals surface area contributed by atoms with Crippen molar-refractivity contribution < 1.29 is 4.39 Å². The lowest BCUT2D eigenvalue weighted by Crippen LogP contribution is -2.04. The monoisotopic (exact) mass is 243 g/mol. The van der Waals surface area contributed by atoms with E-state index in [1.54, 1.807) is 6.07 Å². The van der Waals surface area contributed by atoms with Crippen molar-refractivity contribution in [1.82, 2.24) is 0 Å². The van der Waals surface area contributed by atoms with Crippen LogP contribution in [0.3, 0.4) is 0 Å². The predicted octanol–water partition coefficient (Wildman–Crippen LogP) is 4.36. The SMILES string of the molecule is Cc1ccc(C)c(CNc2c(C)cccc2F)c1. The number of hydrogen-bond acceptors (Lipinski definition) is 1. The number of nitrogens with one attached hydrogen (secondary N) is 1. The van der Waals surface area contributed by atoms with Gasteiger partial charge >= 0.3 is 0 Å². The highest BCUT2D eigenvalue weighted by atomic mass is 19.1. The summed E-state index contributed by atoms with van der Waals surface area (Å²) in [5.74, 6) is -0.194. The van der Waals surface area contributed by atoms with Gasteiger partial charge in [-0.1, -0.05) is 35.9 Å². The summed E-state index contributed by atoms with van der Waals surface area (Å²) in [4.78, 5) is 0. The van der Waals surface area contributed by atoms with Crippen LogP contribution in [0.4, 0.5) is 10.1 Å². The maximum Gasteiger partial charge on any atom is 0.146 e. The molecular weight excluding hydrogens is 225 g/mol. The van der Waals surface area contributed by atoms with Crippen molar-refractivity contribution in [2.45, 2.75) is 27.3 Å². The highest BCUT2D eigenvalue weighted by Crippen LogP contribution is 2.20. The molecule has 0 saturated heterocycles. The third-order valence-corrected chi connectivity index (χ3v) is 3.18. The fourth-order valence-corrected chi connectivity index (χ4v) is 2.03. The summed E-state index contributed by atoms with van der Waals surface area (Å²) in [7, 11) is 0. The molecule has 2 aromatic carbocycles. The van der Waals surface area contributed by atoms with Crippen molar-refractivity contribution in [1.29, 1.82) is 0 Å². The fraction of sp³-hybridized carbons (Fsp3) is 0.250. The maximum atomic E-state index is 13.7. The second-order valence-corrected chi connectivity index (χ2v) is 4.72. The molecule has 1 nitrogen and oxygen atoms in total. The van der Waals surface area contributed by atoms with Crippen LogP contribution >= 0.6 is 0 Å². The van der Waals surface area contributed by atoms with E-state index in [2.05, 4.69) is 37.4 Å². The third-order valence-electron chi connectivity index (χ3n) is 3.18. The zero-order chi connectivity index (χ0) is 13.1. The molecule has 0 bridgehead atoms. The van der Waals surface area contributed by atoms with Crippen molar-refractivity contribution in [3.63, 3.8) is 0 Å². The van der Waals surface area contributed by atoms with Gasteiger partial charge in [-0.25, -0.2) is 4.39 Å². The molecule has 0 saturated carbocycles. The van der Waals surface area contributed by atoms with Gasteiger partial charge in [-0.05, 0) is 43.5 Å². The van der Waals surface area contributed by atoms with E-state index in [9.17, 15) is 4.39 Å².